The van der Waals surface area contributed by atoms with E-state index in [0.717, 1.165) is 38.5 Å². The molecule has 1 aromatic heterocycles. The maximum absolute atomic E-state index is 12.5. The fourth-order valence-electron chi connectivity index (χ4n) is 3.35. The Labute approximate surface area is 148 Å². The van der Waals surface area contributed by atoms with Crippen molar-refractivity contribution >= 4 is 23.2 Å². The maximum Gasteiger partial charge on any atom is 0.326 e. The van der Waals surface area contributed by atoms with Crippen LogP contribution in [0.3, 0.4) is 0 Å². The Morgan fingerprint density at radius 3 is 2.71 bits per heavy atom. The van der Waals surface area contributed by atoms with Crippen molar-refractivity contribution in [3.63, 3.8) is 0 Å². The van der Waals surface area contributed by atoms with E-state index in [0.29, 0.717) is 13.2 Å². The van der Waals surface area contributed by atoms with E-state index >= 15 is 0 Å². The lowest BCUT2D eigenvalue weighted by atomic mass is 9.80. The number of likely N-dealkylation sites (N-methyl/N-ethyl adjacent to an activating group) is 1. The molecule has 1 amide bonds. The molecule has 1 fully saturated rings. The highest BCUT2D eigenvalue weighted by Crippen LogP contribution is 2.34. The fourth-order valence-corrected chi connectivity index (χ4v) is 4.05. The third kappa shape index (κ3) is 4.80. The van der Waals surface area contributed by atoms with E-state index in [1.54, 1.807) is 11.3 Å². The van der Waals surface area contributed by atoms with E-state index < -0.39 is 5.54 Å². The fraction of sp³-hybridized carbons (Fsp3) is 0.667. The quantitative estimate of drug-likeness (QED) is 0.731. The first-order chi connectivity index (χ1) is 11.6. The minimum absolute atomic E-state index is 0.0398. The van der Waals surface area contributed by atoms with Gasteiger partial charge in [0.05, 0.1) is 13.2 Å². The van der Waals surface area contributed by atoms with Crippen LogP contribution in [0, 0.1) is 0 Å². The van der Waals surface area contributed by atoms with E-state index in [2.05, 4.69) is 16.8 Å². The van der Waals surface area contributed by atoms with E-state index in [9.17, 15) is 9.59 Å². The number of nitrogens with zero attached hydrogens (tertiary/aromatic N) is 1. The standard InChI is InChI=1S/C18H28N2O3S/c1-3-23-17(22)18(9-5-4-6-10-18)20(2)13-16(21)19-11-7-15-8-12-24-14-15/h8,12,14H,3-7,9-11,13H2,1-2H3,(H,19,21). The lowest BCUT2D eigenvalue weighted by Gasteiger charge is -2.41. The molecule has 0 bridgehead atoms. The van der Waals surface area contributed by atoms with Crippen molar-refractivity contribution in [3.05, 3.63) is 22.4 Å². The molecule has 24 heavy (non-hydrogen) atoms. The molecular weight excluding hydrogens is 324 g/mol. The molecule has 1 aromatic rings. The van der Waals surface area contributed by atoms with Crippen LogP contribution < -0.4 is 5.32 Å². The predicted octanol–water partition coefficient (Wildman–Crippen LogP) is 2.60. The van der Waals surface area contributed by atoms with Gasteiger partial charge >= 0.3 is 5.97 Å². The van der Waals surface area contributed by atoms with Gasteiger partial charge in [-0.3, -0.25) is 14.5 Å². The van der Waals surface area contributed by atoms with Crippen LogP contribution in [0.15, 0.2) is 16.8 Å². The highest BCUT2D eigenvalue weighted by Gasteiger charge is 2.44. The normalized spacial score (nSPS) is 16.8. The van der Waals surface area contributed by atoms with Crippen molar-refractivity contribution in [1.82, 2.24) is 10.2 Å². The molecule has 2 rings (SSSR count). The molecule has 0 spiro atoms. The van der Waals surface area contributed by atoms with E-state index in [1.807, 2.05) is 24.3 Å². The summed E-state index contributed by atoms with van der Waals surface area (Å²) in [6, 6.07) is 2.07. The highest BCUT2D eigenvalue weighted by molar-refractivity contribution is 7.07. The van der Waals surface area contributed by atoms with Crippen molar-refractivity contribution < 1.29 is 14.3 Å². The van der Waals surface area contributed by atoms with Gasteiger partial charge in [0.2, 0.25) is 5.91 Å². The molecule has 0 saturated heterocycles. The lowest BCUT2D eigenvalue weighted by molar-refractivity contribution is -0.160. The van der Waals surface area contributed by atoms with Crippen molar-refractivity contribution in [2.24, 2.45) is 0 Å². The molecule has 0 radical (unpaired) electrons. The first-order valence-corrected chi connectivity index (χ1v) is 9.69. The van der Waals surface area contributed by atoms with Gasteiger partial charge in [0.25, 0.3) is 0 Å². The van der Waals surface area contributed by atoms with Crippen molar-refractivity contribution in [2.45, 2.75) is 51.0 Å². The first-order valence-electron chi connectivity index (χ1n) is 8.75. The topological polar surface area (TPSA) is 58.6 Å². The summed E-state index contributed by atoms with van der Waals surface area (Å²) in [5.74, 6) is -0.222. The van der Waals surface area contributed by atoms with Crippen molar-refractivity contribution in [1.29, 1.82) is 0 Å². The number of hydrogen-bond acceptors (Lipinski definition) is 5. The molecule has 0 unspecified atom stereocenters. The number of esters is 1. The number of carbonyl (C=O) groups is 2. The van der Waals surface area contributed by atoms with E-state index in [1.165, 1.54) is 5.56 Å². The summed E-state index contributed by atoms with van der Waals surface area (Å²) in [7, 11) is 1.86. The van der Waals surface area contributed by atoms with Crippen LogP contribution in [-0.4, -0.2) is 49.1 Å². The van der Waals surface area contributed by atoms with Crippen LogP contribution in [0.5, 0.6) is 0 Å². The SMILES string of the molecule is CCOC(=O)C1(N(C)CC(=O)NCCc2ccsc2)CCCCC1. The number of thiophene rings is 1. The Kier molecular flexibility index (Phi) is 7.24. The van der Waals surface area contributed by atoms with Gasteiger partial charge in [-0.2, -0.15) is 11.3 Å². The molecule has 0 atom stereocenters. The molecule has 1 heterocycles. The molecule has 134 valence electrons. The minimum Gasteiger partial charge on any atom is -0.465 e. The smallest absolute Gasteiger partial charge is 0.326 e. The summed E-state index contributed by atoms with van der Waals surface area (Å²) >= 11 is 1.66. The second-order valence-corrected chi connectivity index (χ2v) is 7.18. The van der Waals surface area contributed by atoms with Crippen LogP contribution in [0.25, 0.3) is 0 Å². The zero-order valence-electron chi connectivity index (χ0n) is 14.7. The van der Waals surface area contributed by atoms with Gasteiger partial charge in [0, 0.05) is 6.54 Å². The van der Waals surface area contributed by atoms with Gasteiger partial charge in [0.1, 0.15) is 5.54 Å². The average Bonchev–Trinajstić information content (AvgIpc) is 3.09. The maximum atomic E-state index is 12.5. The van der Waals surface area contributed by atoms with E-state index in [-0.39, 0.29) is 18.4 Å². The van der Waals surface area contributed by atoms with E-state index in [4.69, 9.17) is 4.74 Å². The summed E-state index contributed by atoms with van der Waals surface area (Å²) in [4.78, 5) is 26.7. The Bertz CT molecular complexity index is 524. The Morgan fingerprint density at radius 2 is 2.08 bits per heavy atom. The van der Waals surface area contributed by atoms with Gasteiger partial charge in [-0.15, -0.1) is 0 Å². The van der Waals surface area contributed by atoms with Gasteiger partial charge in [-0.25, -0.2) is 0 Å². The number of amides is 1. The second-order valence-electron chi connectivity index (χ2n) is 6.40. The molecule has 6 heteroatoms. The first kappa shape index (κ1) is 18.9. The molecule has 1 aliphatic carbocycles. The minimum atomic E-state index is -0.640. The van der Waals surface area contributed by atoms with Crippen molar-refractivity contribution in [2.75, 3.05) is 26.7 Å². The highest BCUT2D eigenvalue weighted by atomic mass is 32.1. The van der Waals surface area contributed by atoms with Crippen LogP contribution in [0.1, 0.15) is 44.6 Å². The Hall–Kier alpha value is -1.40. The summed E-state index contributed by atoms with van der Waals surface area (Å²) in [6.07, 6.45) is 5.52. The second kappa shape index (κ2) is 9.18. The molecule has 0 aromatic carbocycles. The van der Waals surface area contributed by atoms with Crippen LogP contribution in [-0.2, 0) is 20.7 Å². The summed E-state index contributed by atoms with van der Waals surface area (Å²) < 4.78 is 5.31. The number of nitrogens with one attached hydrogen (secondary N) is 1. The predicted molar refractivity (Wildman–Crippen MR) is 96.1 cm³/mol. The van der Waals surface area contributed by atoms with Crippen molar-refractivity contribution in [3.8, 4) is 0 Å². The Morgan fingerprint density at radius 1 is 1.33 bits per heavy atom. The Balaban J connectivity index is 1.87. The number of rotatable bonds is 8. The number of ether oxygens (including phenoxy) is 1. The molecular formula is C18H28N2O3S. The average molecular weight is 353 g/mol. The zero-order chi connectivity index (χ0) is 17.4. The van der Waals surface area contributed by atoms with Crippen LogP contribution in [0.2, 0.25) is 0 Å². The van der Waals surface area contributed by atoms with Crippen LogP contribution in [0.4, 0.5) is 0 Å². The van der Waals surface area contributed by atoms with Gasteiger partial charge in [-0.1, -0.05) is 19.3 Å². The summed E-state index contributed by atoms with van der Waals surface area (Å²) in [5, 5.41) is 7.08. The third-order valence-electron chi connectivity index (χ3n) is 4.76. The largest absolute Gasteiger partial charge is 0.465 e. The molecule has 1 saturated carbocycles. The number of carbonyl (C=O) groups excluding carboxylic acids is 2. The molecule has 5 nitrogen and oxygen atoms in total. The number of hydrogen-bond donors (Lipinski definition) is 1. The lowest BCUT2D eigenvalue weighted by Crippen LogP contribution is -2.57. The monoisotopic (exact) mass is 352 g/mol. The zero-order valence-corrected chi connectivity index (χ0v) is 15.5. The van der Waals surface area contributed by atoms with Gasteiger partial charge < -0.3 is 10.1 Å². The van der Waals surface area contributed by atoms with Gasteiger partial charge in [-0.05, 0) is 55.6 Å². The van der Waals surface area contributed by atoms with Gasteiger partial charge in [0.15, 0.2) is 0 Å². The molecule has 1 N–H and O–H groups in total. The third-order valence-corrected chi connectivity index (χ3v) is 5.50. The summed E-state index contributed by atoms with van der Waals surface area (Å²) in [6.45, 7) is 3.05. The van der Waals surface area contributed by atoms with Crippen LogP contribution >= 0.6 is 11.3 Å². The molecule has 1 aliphatic rings. The molecule has 0 aliphatic heterocycles. The summed E-state index contributed by atoms with van der Waals surface area (Å²) in [5.41, 5.74) is 0.600.